The molecule has 0 radical (unpaired) electrons. The molecule has 146 valence electrons. The first-order valence-corrected chi connectivity index (χ1v) is 10.1. The summed E-state index contributed by atoms with van der Waals surface area (Å²) in [7, 11) is 0. The molecule has 1 amide bonds. The minimum Gasteiger partial charge on any atom is -0.480 e. The first-order valence-electron chi connectivity index (χ1n) is 8.90. The number of hydrogen-bond acceptors (Lipinski definition) is 3. The van der Waals surface area contributed by atoms with Gasteiger partial charge in [-0.15, -0.1) is 0 Å². The second-order valence-corrected chi connectivity index (χ2v) is 8.00. The largest absolute Gasteiger partial charge is 0.480 e. The number of aliphatic carboxylic acids is 1. The molecule has 1 unspecified atom stereocenters. The zero-order valence-electron chi connectivity index (χ0n) is 15.8. The third kappa shape index (κ3) is 3.88. The van der Waals surface area contributed by atoms with Crippen molar-refractivity contribution in [2.24, 2.45) is 0 Å². The van der Waals surface area contributed by atoms with Gasteiger partial charge in [0.2, 0.25) is 5.91 Å². The number of benzene rings is 2. The van der Waals surface area contributed by atoms with Gasteiger partial charge in [0.25, 0.3) is 0 Å². The van der Waals surface area contributed by atoms with E-state index >= 15 is 0 Å². The van der Waals surface area contributed by atoms with E-state index in [0.29, 0.717) is 17.1 Å². The molecule has 3 rings (SSSR count). The van der Waals surface area contributed by atoms with Crippen molar-refractivity contribution in [3.05, 3.63) is 53.2 Å². The monoisotopic (exact) mass is 416 g/mol. The molecule has 0 fully saturated rings. The molecule has 2 N–H and O–H groups in total. The Hall–Kier alpha value is -2.44. The Morgan fingerprint density at radius 3 is 2.46 bits per heavy atom. The van der Waals surface area contributed by atoms with Crippen molar-refractivity contribution in [3.8, 4) is 0 Å². The molecule has 0 saturated carbocycles. The van der Waals surface area contributed by atoms with E-state index in [4.69, 9.17) is 11.6 Å². The molecule has 1 atom stereocenters. The van der Waals surface area contributed by atoms with E-state index in [0.717, 1.165) is 26.4 Å². The second kappa shape index (κ2) is 8.29. The van der Waals surface area contributed by atoms with Gasteiger partial charge in [-0.25, -0.2) is 4.79 Å². The van der Waals surface area contributed by atoms with Crippen molar-refractivity contribution in [2.45, 2.75) is 43.0 Å². The van der Waals surface area contributed by atoms with Crippen LogP contribution in [0.1, 0.15) is 32.0 Å². The maximum atomic E-state index is 11.9. The van der Waals surface area contributed by atoms with Gasteiger partial charge < -0.3 is 15.0 Å². The Morgan fingerprint density at radius 2 is 1.89 bits per heavy atom. The number of halogens is 1. The van der Waals surface area contributed by atoms with Crippen LogP contribution in [0.4, 0.5) is 5.69 Å². The fraction of sp³-hybridized carbons (Fsp3) is 0.238. The molecule has 0 spiro atoms. The van der Waals surface area contributed by atoms with Crippen LogP contribution in [-0.2, 0) is 9.59 Å². The van der Waals surface area contributed by atoms with Crippen molar-refractivity contribution >= 4 is 51.8 Å². The Labute approximate surface area is 172 Å². The topological polar surface area (TPSA) is 71.3 Å². The summed E-state index contributed by atoms with van der Waals surface area (Å²) < 4.78 is 1.85. The van der Waals surface area contributed by atoms with Gasteiger partial charge in [0.15, 0.2) is 0 Å². The van der Waals surface area contributed by atoms with Gasteiger partial charge in [0.05, 0.1) is 11.2 Å². The van der Waals surface area contributed by atoms with Crippen LogP contribution in [0.15, 0.2) is 52.3 Å². The van der Waals surface area contributed by atoms with Crippen molar-refractivity contribution in [3.63, 3.8) is 0 Å². The highest BCUT2D eigenvalue weighted by molar-refractivity contribution is 7.99. The van der Waals surface area contributed by atoms with Gasteiger partial charge in [0, 0.05) is 32.8 Å². The fourth-order valence-electron chi connectivity index (χ4n) is 3.36. The Balaban J connectivity index is 2.27. The molecule has 0 aliphatic rings. The molecule has 0 bridgehead atoms. The molecule has 5 nitrogen and oxygen atoms in total. The summed E-state index contributed by atoms with van der Waals surface area (Å²) in [4.78, 5) is 25.5. The highest BCUT2D eigenvalue weighted by Gasteiger charge is 2.26. The van der Waals surface area contributed by atoms with Crippen LogP contribution in [0.3, 0.4) is 0 Å². The van der Waals surface area contributed by atoms with Gasteiger partial charge in [-0.05, 0) is 49.7 Å². The SMILES string of the molecule is CCC(C(=O)O)n1c(C)c(Sc2ccc(Cl)cc2)c2c(NC(C)=O)cccc21. The van der Waals surface area contributed by atoms with Crippen LogP contribution >= 0.6 is 23.4 Å². The van der Waals surface area contributed by atoms with Crippen molar-refractivity contribution in [1.82, 2.24) is 4.57 Å². The predicted molar refractivity (Wildman–Crippen MR) is 114 cm³/mol. The Morgan fingerprint density at radius 1 is 1.21 bits per heavy atom. The second-order valence-electron chi connectivity index (χ2n) is 6.48. The molecule has 0 aliphatic carbocycles. The first-order chi connectivity index (χ1) is 13.3. The molecule has 1 aromatic heterocycles. The van der Waals surface area contributed by atoms with Crippen molar-refractivity contribution in [2.75, 3.05) is 5.32 Å². The normalized spacial score (nSPS) is 12.1. The standard InChI is InChI=1S/C21H21ClN2O3S/c1-4-17(21(26)27)24-12(2)20(28-15-10-8-14(22)9-11-15)19-16(23-13(3)25)6-5-7-18(19)24/h5-11,17H,4H2,1-3H3,(H,23,25)(H,26,27). The van der Waals surface area contributed by atoms with Crippen LogP contribution in [0.2, 0.25) is 5.02 Å². The van der Waals surface area contributed by atoms with E-state index in [-0.39, 0.29) is 5.91 Å². The van der Waals surface area contributed by atoms with Crippen LogP contribution in [0.5, 0.6) is 0 Å². The molecule has 28 heavy (non-hydrogen) atoms. The van der Waals surface area contributed by atoms with Crippen LogP contribution in [-0.4, -0.2) is 21.6 Å². The van der Waals surface area contributed by atoms with E-state index in [9.17, 15) is 14.7 Å². The fourth-order valence-corrected chi connectivity index (χ4v) is 4.56. The zero-order valence-corrected chi connectivity index (χ0v) is 17.4. The maximum Gasteiger partial charge on any atom is 0.326 e. The molecule has 2 aromatic carbocycles. The van der Waals surface area contributed by atoms with Crippen molar-refractivity contribution < 1.29 is 14.7 Å². The van der Waals surface area contributed by atoms with E-state index in [1.54, 1.807) is 0 Å². The Kier molecular flexibility index (Phi) is 6.01. The number of carboxylic acid groups (broad SMARTS) is 1. The van der Waals surface area contributed by atoms with Crippen LogP contribution in [0.25, 0.3) is 10.9 Å². The zero-order chi connectivity index (χ0) is 20.4. The average molecular weight is 417 g/mol. The number of carboxylic acids is 1. The predicted octanol–water partition coefficient (Wildman–Crippen LogP) is 5.75. The van der Waals surface area contributed by atoms with E-state index in [2.05, 4.69) is 5.32 Å². The van der Waals surface area contributed by atoms with Gasteiger partial charge in [-0.1, -0.05) is 36.4 Å². The number of amides is 1. The summed E-state index contributed by atoms with van der Waals surface area (Å²) in [6.45, 7) is 5.23. The minimum absolute atomic E-state index is 0.175. The molecular weight excluding hydrogens is 396 g/mol. The summed E-state index contributed by atoms with van der Waals surface area (Å²) in [5, 5.41) is 14.1. The number of hydrogen-bond donors (Lipinski definition) is 2. The molecule has 1 heterocycles. The Bertz CT molecular complexity index is 1040. The number of aromatic nitrogens is 1. The lowest BCUT2D eigenvalue weighted by molar-refractivity contribution is -0.140. The average Bonchev–Trinajstić information content (AvgIpc) is 2.90. The van der Waals surface area contributed by atoms with Gasteiger partial charge >= 0.3 is 5.97 Å². The van der Waals surface area contributed by atoms with Gasteiger partial charge in [-0.3, -0.25) is 4.79 Å². The van der Waals surface area contributed by atoms with Crippen LogP contribution < -0.4 is 5.32 Å². The molecular formula is C21H21ClN2O3S. The lowest BCUT2D eigenvalue weighted by atomic mass is 10.2. The number of rotatable bonds is 6. The van der Waals surface area contributed by atoms with E-state index in [1.165, 1.54) is 18.7 Å². The van der Waals surface area contributed by atoms with Crippen molar-refractivity contribution in [1.29, 1.82) is 0 Å². The number of carbonyl (C=O) groups excluding carboxylic acids is 1. The third-order valence-electron chi connectivity index (χ3n) is 4.55. The third-order valence-corrected chi connectivity index (χ3v) is 6.01. The van der Waals surface area contributed by atoms with E-state index in [1.807, 2.05) is 60.9 Å². The molecule has 7 heteroatoms. The molecule has 3 aromatic rings. The van der Waals surface area contributed by atoms with Gasteiger partial charge in [0.1, 0.15) is 6.04 Å². The summed E-state index contributed by atoms with van der Waals surface area (Å²) >= 11 is 7.53. The number of carbonyl (C=O) groups is 2. The minimum atomic E-state index is -0.879. The lowest BCUT2D eigenvalue weighted by Gasteiger charge is -2.16. The molecule has 0 saturated heterocycles. The smallest absolute Gasteiger partial charge is 0.326 e. The quantitative estimate of drug-likeness (QED) is 0.536. The maximum absolute atomic E-state index is 11.9. The summed E-state index contributed by atoms with van der Waals surface area (Å²) in [5.41, 5.74) is 2.31. The number of nitrogens with one attached hydrogen (secondary N) is 1. The highest BCUT2D eigenvalue weighted by atomic mass is 35.5. The number of nitrogens with zero attached hydrogens (tertiary/aromatic N) is 1. The summed E-state index contributed by atoms with van der Waals surface area (Å²) in [5.74, 6) is -1.05. The summed E-state index contributed by atoms with van der Waals surface area (Å²) in [6, 6.07) is 12.4. The highest BCUT2D eigenvalue weighted by Crippen LogP contribution is 2.43. The van der Waals surface area contributed by atoms with Gasteiger partial charge in [-0.2, -0.15) is 0 Å². The number of fused-ring (bicyclic) bond motifs is 1. The van der Waals surface area contributed by atoms with E-state index < -0.39 is 12.0 Å². The number of anilines is 1. The lowest BCUT2D eigenvalue weighted by Crippen LogP contribution is -2.19. The molecule has 0 aliphatic heterocycles. The van der Waals surface area contributed by atoms with Crippen LogP contribution in [0, 0.1) is 6.92 Å². The first kappa shape index (κ1) is 20.3. The summed E-state index contributed by atoms with van der Waals surface area (Å²) in [6.07, 6.45) is 0.454.